The summed E-state index contributed by atoms with van der Waals surface area (Å²) in [5, 5.41) is 11.3. The molecule has 1 aliphatic carbocycles. The number of nitrogens with zero attached hydrogens (tertiary/aromatic N) is 2. The highest BCUT2D eigenvalue weighted by Crippen LogP contribution is 2.46. The summed E-state index contributed by atoms with van der Waals surface area (Å²) in [7, 11) is -1.90. The third-order valence-corrected chi connectivity index (χ3v) is 11.2. The molecule has 1 aliphatic rings. The van der Waals surface area contributed by atoms with Gasteiger partial charge in [0.25, 0.3) is 0 Å². The lowest BCUT2D eigenvalue weighted by molar-refractivity contribution is 0.0772. The molecule has 3 rings (SSSR count). The summed E-state index contributed by atoms with van der Waals surface area (Å²) in [6, 6.07) is 8.09. The van der Waals surface area contributed by atoms with Crippen molar-refractivity contribution >= 4 is 25.3 Å². The van der Waals surface area contributed by atoms with Gasteiger partial charge in [-0.3, -0.25) is 9.88 Å². The van der Waals surface area contributed by atoms with E-state index in [1.54, 1.807) is 11.1 Å². The predicted octanol–water partition coefficient (Wildman–Crippen LogP) is 6.99. The summed E-state index contributed by atoms with van der Waals surface area (Å²) in [5.74, 6) is 0. The maximum atomic E-state index is 12.3. The number of rotatable bonds is 6. The van der Waals surface area contributed by atoms with Crippen LogP contribution in [-0.4, -0.2) is 35.4 Å². The van der Waals surface area contributed by atoms with Crippen LogP contribution < -0.4 is 0 Å². The topological polar surface area (TPSA) is 62.7 Å². The lowest BCUT2D eigenvalue weighted by atomic mass is 9.80. The summed E-state index contributed by atoms with van der Waals surface area (Å²) in [5.41, 5.74) is 2.67. The largest absolute Gasteiger partial charge is 0.465 e. The van der Waals surface area contributed by atoms with Crippen LogP contribution in [0.4, 0.5) is 4.79 Å². The smallest absolute Gasteiger partial charge is 0.408 e. The van der Waals surface area contributed by atoms with Crippen LogP contribution in [0.5, 0.6) is 0 Å². The first-order valence-corrected chi connectivity index (χ1v) is 14.2. The van der Waals surface area contributed by atoms with Gasteiger partial charge in [-0.25, -0.2) is 4.79 Å². The van der Waals surface area contributed by atoms with E-state index in [2.05, 4.69) is 77.8 Å². The molecule has 1 heterocycles. The van der Waals surface area contributed by atoms with E-state index in [4.69, 9.17) is 4.43 Å². The van der Waals surface area contributed by atoms with Crippen molar-refractivity contribution in [3.63, 3.8) is 0 Å². The second-order valence-corrected chi connectivity index (χ2v) is 16.3. The SMILES string of the molecule is CC(C)(C)C(c1cc(CO[Si](C)(C)C(C)(C)C)cc2cccnc12)N(C(=O)O)C1CC1. The molecule has 0 aliphatic heterocycles. The number of hydrogen-bond acceptors (Lipinski definition) is 3. The Hall–Kier alpha value is -1.92. The van der Waals surface area contributed by atoms with Crippen molar-refractivity contribution in [2.75, 3.05) is 0 Å². The van der Waals surface area contributed by atoms with Crippen molar-refractivity contribution in [2.24, 2.45) is 5.41 Å². The van der Waals surface area contributed by atoms with Gasteiger partial charge in [0.15, 0.2) is 8.32 Å². The van der Waals surface area contributed by atoms with Gasteiger partial charge in [-0.15, -0.1) is 0 Å². The van der Waals surface area contributed by atoms with Gasteiger partial charge in [-0.1, -0.05) is 47.6 Å². The number of carboxylic acid groups (broad SMARTS) is 1. The van der Waals surface area contributed by atoms with E-state index in [1.165, 1.54) is 0 Å². The van der Waals surface area contributed by atoms with E-state index in [0.717, 1.165) is 34.9 Å². The van der Waals surface area contributed by atoms with E-state index >= 15 is 0 Å². The Morgan fingerprint density at radius 2 is 1.87 bits per heavy atom. The second kappa shape index (κ2) is 8.21. The highest BCUT2D eigenvalue weighted by atomic mass is 28.4. The molecule has 1 fully saturated rings. The van der Waals surface area contributed by atoms with Crippen LogP contribution in [-0.2, 0) is 11.0 Å². The summed E-state index contributed by atoms with van der Waals surface area (Å²) in [4.78, 5) is 18.7. The zero-order valence-electron chi connectivity index (χ0n) is 20.3. The van der Waals surface area contributed by atoms with E-state index < -0.39 is 14.4 Å². The average Bonchev–Trinajstić information content (AvgIpc) is 3.46. The van der Waals surface area contributed by atoms with E-state index in [-0.39, 0.29) is 22.5 Å². The van der Waals surface area contributed by atoms with Crippen LogP contribution in [0, 0.1) is 5.41 Å². The first kappa shape index (κ1) is 23.7. The summed E-state index contributed by atoms with van der Waals surface area (Å²) in [6.45, 7) is 18.1. The van der Waals surface area contributed by atoms with Gasteiger partial charge in [-0.05, 0) is 60.2 Å². The molecule has 0 saturated heterocycles. The molecular formula is C25H38N2O3Si. The van der Waals surface area contributed by atoms with Crippen molar-refractivity contribution < 1.29 is 14.3 Å². The molecule has 1 saturated carbocycles. The molecule has 1 unspecified atom stereocenters. The number of aromatic nitrogens is 1. The normalized spacial score (nSPS) is 16.4. The zero-order valence-corrected chi connectivity index (χ0v) is 21.3. The molecule has 1 aromatic heterocycles. The van der Waals surface area contributed by atoms with Gasteiger partial charge < -0.3 is 9.53 Å². The maximum absolute atomic E-state index is 12.3. The summed E-state index contributed by atoms with van der Waals surface area (Å²) < 4.78 is 6.51. The van der Waals surface area contributed by atoms with Gasteiger partial charge in [0.1, 0.15) is 0 Å². The third kappa shape index (κ3) is 5.12. The van der Waals surface area contributed by atoms with Crippen molar-refractivity contribution in [1.29, 1.82) is 0 Å². The zero-order chi connectivity index (χ0) is 23.2. The maximum Gasteiger partial charge on any atom is 0.408 e. The van der Waals surface area contributed by atoms with Crippen LogP contribution in [0.3, 0.4) is 0 Å². The molecule has 6 heteroatoms. The molecule has 1 N–H and O–H groups in total. The van der Waals surface area contributed by atoms with Gasteiger partial charge in [0.2, 0.25) is 0 Å². The lowest BCUT2D eigenvalue weighted by Crippen LogP contribution is -2.42. The Morgan fingerprint density at radius 1 is 1.23 bits per heavy atom. The number of amides is 1. The standard InChI is InChI=1S/C25H38N2O3Si/c1-24(2,3)22(27(23(28)29)19-11-12-19)20-15-17(14-18-10-9-13-26-21(18)20)16-30-31(7,8)25(4,5)6/h9-10,13-15,19,22H,11-12,16H2,1-8H3,(H,28,29). The monoisotopic (exact) mass is 442 g/mol. The molecule has 0 radical (unpaired) electrons. The quantitative estimate of drug-likeness (QED) is 0.490. The summed E-state index contributed by atoms with van der Waals surface area (Å²) in [6.07, 6.45) is 2.80. The van der Waals surface area contributed by atoms with Crippen molar-refractivity contribution in [1.82, 2.24) is 9.88 Å². The minimum Gasteiger partial charge on any atom is -0.465 e. The summed E-state index contributed by atoms with van der Waals surface area (Å²) >= 11 is 0. The van der Waals surface area contributed by atoms with Crippen LogP contribution in [0.2, 0.25) is 18.1 Å². The second-order valence-electron chi connectivity index (χ2n) is 11.5. The van der Waals surface area contributed by atoms with Crippen LogP contribution in [0.1, 0.15) is 71.6 Å². The van der Waals surface area contributed by atoms with Crippen LogP contribution >= 0.6 is 0 Å². The molecule has 31 heavy (non-hydrogen) atoms. The number of benzene rings is 1. The number of carbonyl (C=O) groups is 1. The van der Waals surface area contributed by atoms with E-state index in [1.807, 2.05) is 6.07 Å². The highest BCUT2D eigenvalue weighted by Gasteiger charge is 2.44. The number of pyridine rings is 1. The fraction of sp³-hybridized carbons (Fsp3) is 0.600. The lowest BCUT2D eigenvalue weighted by Gasteiger charge is -2.40. The van der Waals surface area contributed by atoms with E-state index in [9.17, 15) is 9.90 Å². The van der Waals surface area contributed by atoms with Gasteiger partial charge in [-0.2, -0.15) is 0 Å². The van der Waals surface area contributed by atoms with E-state index in [0.29, 0.717) is 6.61 Å². The Kier molecular flexibility index (Phi) is 6.28. The van der Waals surface area contributed by atoms with Crippen molar-refractivity contribution in [3.8, 4) is 0 Å². The average molecular weight is 443 g/mol. The Morgan fingerprint density at radius 3 is 2.39 bits per heavy atom. The fourth-order valence-corrected chi connectivity index (χ4v) is 4.88. The number of hydrogen-bond donors (Lipinski definition) is 1. The van der Waals surface area contributed by atoms with Gasteiger partial charge >= 0.3 is 6.09 Å². The Balaban J connectivity index is 2.10. The van der Waals surface area contributed by atoms with Crippen molar-refractivity contribution in [2.45, 2.75) is 91.2 Å². The van der Waals surface area contributed by atoms with Crippen LogP contribution in [0.25, 0.3) is 10.9 Å². The molecule has 1 aromatic carbocycles. The molecule has 1 atom stereocenters. The Labute approximate surface area is 187 Å². The third-order valence-electron chi connectivity index (χ3n) is 6.75. The van der Waals surface area contributed by atoms with Crippen molar-refractivity contribution in [3.05, 3.63) is 41.6 Å². The fourth-order valence-electron chi connectivity index (χ4n) is 3.92. The Bertz CT molecular complexity index is 955. The molecule has 1 amide bonds. The van der Waals surface area contributed by atoms with Gasteiger partial charge in [0, 0.05) is 23.2 Å². The number of fused-ring (bicyclic) bond motifs is 1. The first-order valence-electron chi connectivity index (χ1n) is 11.2. The highest BCUT2D eigenvalue weighted by molar-refractivity contribution is 6.74. The minimum absolute atomic E-state index is 0.0904. The molecule has 170 valence electrons. The molecule has 0 spiro atoms. The molecule has 5 nitrogen and oxygen atoms in total. The molecule has 2 aromatic rings. The molecular weight excluding hydrogens is 404 g/mol. The van der Waals surface area contributed by atoms with Crippen LogP contribution in [0.15, 0.2) is 30.5 Å². The minimum atomic E-state index is -1.90. The van der Waals surface area contributed by atoms with Gasteiger partial charge in [0.05, 0.1) is 18.2 Å². The predicted molar refractivity (Wildman–Crippen MR) is 129 cm³/mol. The molecule has 0 bridgehead atoms. The first-order chi connectivity index (χ1) is 14.2.